The number of halogens is 1. The van der Waals surface area contributed by atoms with E-state index < -0.39 is 0 Å². The van der Waals surface area contributed by atoms with Crippen LogP contribution in [0.5, 0.6) is 11.5 Å². The van der Waals surface area contributed by atoms with Gasteiger partial charge in [0.15, 0.2) is 0 Å². The van der Waals surface area contributed by atoms with Crippen molar-refractivity contribution >= 4 is 45.5 Å². The summed E-state index contributed by atoms with van der Waals surface area (Å²) < 4.78 is 22.6. The molecule has 11 nitrogen and oxygen atoms in total. The third kappa shape index (κ3) is 8.68. The van der Waals surface area contributed by atoms with Crippen LogP contribution in [0.3, 0.4) is 0 Å². The summed E-state index contributed by atoms with van der Waals surface area (Å²) >= 11 is 6.56. The maximum Gasteiger partial charge on any atom is 0.248 e. The summed E-state index contributed by atoms with van der Waals surface area (Å²) in [5.41, 5.74) is 3.23. The average molecular weight is 629 g/mol. The maximum atomic E-state index is 12.9. The normalized spacial score (nSPS) is 14.4. The van der Waals surface area contributed by atoms with Gasteiger partial charge < -0.3 is 34.9 Å². The number of ether oxygens (including phenoxy) is 4. The fourth-order valence-corrected chi connectivity index (χ4v) is 4.83. The van der Waals surface area contributed by atoms with E-state index in [1.165, 1.54) is 12.3 Å². The first-order chi connectivity index (χ1) is 22.0. The number of amides is 1. The first-order valence-electron chi connectivity index (χ1n) is 14.4. The van der Waals surface area contributed by atoms with Crippen LogP contribution in [-0.4, -0.2) is 62.0 Å². The van der Waals surface area contributed by atoms with Crippen LogP contribution in [0.25, 0.3) is 10.9 Å². The number of pyridine rings is 2. The molecule has 1 amide bonds. The lowest BCUT2D eigenvalue weighted by atomic mass is 10.1. The second kappa shape index (κ2) is 15.8. The van der Waals surface area contributed by atoms with Gasteiger partial charge in [0.05, 0.1) is 53.0 Å². The minimum Gasteiger partial charge on any atom is -0.486 e. The number of nitrogens with one attached hydrogen (secondary N) is 3. The third-order valence-electron chi connectivity index (χ3n) is 6.85. The van der Waals surface area contributed by atoms with Crippen LogP contribution in [0.4, 0.5) is 17.1 Å². The molecule has 5 rings (SSSR count). The zero-order valence-corrected chi connectivity index (χ0v) is 25.5. The molecule has 1 fully saturated rings. The number of carbonyl (C=O) groups is 1. The molecular formula is C33H33ClN6O5. The summed E-state index contributed by atoms with van der Waals surface area (Å²) in [5.74, 6) is 0.624. The van der Waals surface area contributed by atoms with E-state index in [1.807, 2.05) is 18.2 Å². The number of fused-ring (bicyclic) bond motifs is 1. The Morgan fingerprint density at radius 1 is 1.20 bits per heavy atom. The summed E-state index contributed by atoms with van der Waals surface area (Å²) in [6.45, 7) is 3.09. The smallest absolute Gasteiger partial charge is 0.248 e. The number of methoxy groups -OCH3 is 1. The van der Waals surface area contributed by atoms with Gasteiger partial charge in [-0.3, -0.25) is 14.8 Å². The lowest BCUT2D eigenvalue weighted by Gasteiger charge is -2.18. The number of benzene rings is 2. The van der Waals surface area contributed by atoms with Crippen LogP contribution >= 0.6 is 11.6 Å². The van der Waals surface area contributed by atoms with Crippen molar-refractivity contribution < 1.29 is 23.7 Å². The quantitative estimate of drug-likeness (QED) is 0.123. The predicted octanol–water partition coefficient (Wildman–Crippen LogP) is 5.38. The van der Waals surface area contributed by atoms with Crippen molar-refractivity contribution in [3.05, 3.63) is 89.4 Å². The molecule has 0 saturated carbocycles. The average Bonchev–Trinajstić information content (AvgIpc) is 3.56. The zero-order chi connectivity index (χ0) is 31.4. The molecular weight excluding hydrogens is 596 g/mol. The highest BCUT2D eigenvalue weighted by Gasteiger charge is 2.21. The molecule has 45 heavy (non-hydrogen) atoms. The summed E-state index contributed by atoms with van der Waals surface area (Å²) in [6.07, 6.45) is 6.96. The van der Waals surface area contributed by atoms with Gasteiger partial charge in [0, 0.05) is 62.2 Å². The molecule has 0 aliphatic carbocycles. The van der Waals surface area contributed by atoms with Gasteiger partial charge in [-0.25, -0.2) is 0 Å². The van der Waals surface area contributed by atoms with Gasteiger partial charge in [0.1, 0.15) is 30.3 Å². The first-order valence-corrected chi connectivity index (χ1v) is 14.8. The maximum absolute atomic E-state index is 12.9. The minimum atomic E-state index is -0.331. The molecule has 1 unspecified atom stereocenters. The molecule has 3 heterocycles. The van der Waals surface area contributed by atoms with Crippen molar-refractivity contribution in [1.29, 1.82) is 5.26 Å². The second-order valence-electron chi connectivity index (χ2n) is 10.1. The fraction of sp³-hybridized carbons (Fsp3) is 0.273. The lowest BCUT2D eigenvalue weighted by molar-refractivity contribution is -0.111. The molecule has 2 aromatic heterocycles. The van der Waals surface area contributed by atoms with E-state index >= 15 is 0 Å². The van der Waals surface area contributed by atoms with E-state index in [1.54, 1.807) is 49.7 Å². The minimum absolute atomic E-state index is 0.157. The van der Waals surface area contributed by atoms with Gasteiger partial charge in [-0.2, -0.15) is 5.26 Å². The summed E-state index contributed by atoms with van der Waals surface area (Å²) in [5, 5.41) is 20.4. The van der Waals surface area contributed by atoms with Crippen LogP contribution < -0.4 is 25.4 Å². The van der Waals surface area contributed by atoms with Crippen molar-refractivity contribution in [3.8, 4) is 17.6 Å². The highest BCUT2D eigenvalue weighted by Crippen LogP contribution is 2.38. The topological polar surface area (TPSA) is 140 Å². The summed E-state index contributed by atoms with van der Waals surface area (Å²) in [6, 6.07) is 16.6. The molecule has 0 bridgehead atoms. The van der Waals surface area contributed by atoms with E-state index in [2.05, 4.69) is 32.0 Å². The number of anilines is 3. The highest BCUT2D eigenvalue weighted by atomic mass is 35.5. The molecule has 1 aliphatic rings. The molecule has 4 aromatic rings. The lowest BCUT2D eigenvalue weighted by Crippen LogP contribution is -2.20. The van der Waals surface area contributed by atoms with Crippen LogP contribution in [0.1, 0.15) is 17.7 Å². The molecule has 0 spiro atoms. The van der Waals surface area contributed by atoms with Gasteiger partial charge in [-0.15, -0.1) is 0 Å². The Morgan fingerprint density at radius 3 is 2.87 bits per heavy atom. The van der Waals surface area contributed by atoms with E-state index in [4.69, 9.17) is 30.5 Å². The number of hydrogen-bond donors (Lipinski definition) is 3. The van der Waals surface area contributed by atoms with Crippen molar-refractivity contribution in [3.63, 3.8) is 0 Å². The van der Waals surface area contributed by atoms with E-state index in [-0.39, 0.29) is 18.6 Å². The van der Waals surface area contributed by atoms with Crippen LogP contribution in [0.15, 0.2) is 73.1 Å². The number of rotatable bonds is 14. The Labute approximate surface area is 266 Å². The number of nitrogens with zero attached hydrogens (tertiary/aromatic N) is 3. The Bertz CT molecular complexity index is 1690. The molecule has 3 N–H and O–H groups in total. The van der Waals surface area contributed by atoms with Gasteiger partial charge in [0.2, 0.25) is 5.91 Å². The number of aromatic nitrogens is 2. The second-order valence-corrected chi connectivity index (χ2v) is 10.5. The molecule has 12 heteroatoms. The summed E-state index contributed by atoms with van der Waals surface area (Å²) in [4.78, 5) is 21.7. The van der Waals surface area contributed by atoms with E-state index in [0.29, 0.717) is 83.0 Å². The SMILES string of the molecule is COCCNCC=CC(=O)Nc1cc2c(Nc3ccc(OCc4ccccn4)c(Cl)c3)c(C#N)cnc2cc1OC1CCOC1. The fourth-order valence-electron chi connectivity index (χ4n) is 4.60. The standard InChI is InChI=1S/C33H33ClN6O5/c1-42-14-12-36-10-4-6-32(41)40-29-16-26-28(17-31(29)45-25-9-13-43-21-25)38-19-22(18-35)33(26)39-23-7-8-30(27(34)15-23)44-20-24-5-2-3-11-37-24/h2-8,11,15-17,19,25,36H,9-10,12-14,20-21H2,1H3,(H,38,39)(H,40,41). The van der Waals surface area contributed by atoms with E-state index in [9.17, 15) is 10.1 Å². The van der Waals surface area contributed by atoms with Crippen LogP contribution in [0, 0.1) is 11.3 Å². The molecule has 1 saturated heterocycles. The predicted molar refractivity (Wildman–Crippen MR) is 172 cm³/mol. The first kappa shape index (κ1) is 31.7. The zero-order valence-electron chi connectivity index (χ0n) is 24.7. The van der Waals surface area contributed by atoms with Crippen LogP contribution in [-0.2, 0) is 20.9 Å². The molecule has 0 radical (unpaired) electrons. The van der Waals surface area contributed by atoms with Crippen LogP contribution in [0.2, 0.25) is 5.02 Å². The van der Waals surface area contributed by atoms with Gasteiger partial charge >= 0.3 is 0 Å². The molecule has 2 aromatic carbocycles. The van der Waals surface area contributed by atoms with Crippen molar-refractivity contribution in [2.45, 2.75) is 19.1 Å². The van der Waals surface area contributed by atoms with Gasteiger partial charge in [-0.05, 0) is 36.4 Å². The third-order valence-corrected chi connectivity index (χ3v) is 7.14. The van der Waals surface area contributed by atoms with Gasteiger partial charge in [0.25, 0.3) is 0 Å². The number of nitriles is 1. The Balaban J connectivity index is 1.41. The molecule has 1 atom stereocenters. The van der Waals surface area contributed by atoms with Crippen molar-refractivity contribution in [2.24, 2.45) is 0 Å². The Kier molecular flexibility index (Phi) is 11.1. The number of hydrogen-bond acceptors (Lipinski definition) is 10. The summed E-state index contributed by atoms with van der Waals surface area (Å²) in [7, 11) is 1.63. The monoisotopic (exact) mass is 628 g/mol. The van der Waals surface area contributed by atoms with E-state index in [0.717, 1.165) is 12.1 Å². The largest absolute Gasteiger partial charge is 0.486 e. The highest BCUT2D eigenvalue weighted by molar-refractivity contribution is 6.32. The number of carbonyl (C=O) groups excluding carboxylic acids is 1. The molecule has 1 aliphatic heterocycles. The Morgan fingerprint density at radius 2 is 2.11 bits per heavy atom. The Hall–Kier alpha value is -4.73. The van der Waals surface area contributed by atoms with Crippen molar-refractivity contribution in [1.82, 2.24) is 15.3 Å². The van der Waals surface area contributed by atoms with Gasteiger partial charge in [-0.1, -0.05) is 23.7 Å². The molecule has 232 valence electrons. The van der Waals surface area contributed by atoms with Crippen molar-refractivity contribution in [2.75, 3.05) is 50.7 Å².